The Labute approximate surface area is 161 Å². The Hall–Kier alpha value is -3.12. The van der Waals surface area contributed by atoms with Gasteiger partial charge in [-0.3, -0.25) is 9.59 Å². The Kier molecular flexibility index (Phi) is 4.41. The molecule has 0 spiro atoms. The Morgan fingerprint density at radius 3 is 2.59 bits per heavy atom. The largest absolute Gasteiger partial charge is 0.326 e. The van der Waals surface area contributed by atoms with Crippen molar-refractivity contribution in [1.82, 2.24) is 9.78 Å². The second kappa shape index (κ2) is 6.89. The number of benzene rings is 2. The number of hydrogen-bond acceptors (Lipinski definition) is 3. The molecule has 0 radical (unpaired) electrons. The molecule has 1 unspecified atom stereocenters. The summed E-state index contributed by atoms with van der Waals surface area (Å²) in [5.74, 6) is 0.114. The minimum Gasteiger partial charge on any atom is -0.326 e. The molecule has 0 saturated heterocycles. The molecule has 1 aliphatic rings. The van der Waals surface area contributed by atoms with Crippen LogP contribution in [0.5, 0.6) is 0 Å². The molecular formula is C20H17ClN4O2. The Bertz CT molecular complexity index is 1010. The number of anilines is 2. The van der Waals surface area contributed by atoms with Gasteiger partial charge in [-0.05, 0) is 36.8 Å². The summed E-state index contributed by atoms with van der Waals surface area (Å²) in [6.07, 6.45) is 1.71. The van der Waals surface area contributed by atoms with Crippen molar-refractivity contribution in [2.24, 2.45) is 0 Å². The number of nitrogens with one attached hydrogen (secondary N) is 2. The third-order valence-electron chi connectivity index (χ3n) is 4.50. The van der Waals surface area contributed by atoms with Gasteiger partial charge >= 0.3 is 0 Å². The van der Waals surface area contributed by atoms with Gasteiger partial charge in [-0.15, -0.1) is 0 Å². The number of carbonyl (C=O) groups is 2. The van der Waals surface area contributed by atoms with E-state index in [4.69, 9.17) is 11.6 Å². The highest BCUT2D eigenvalue weighted by Gasteiger charge is 2.35. The molecule has 6 nitrogen and oxygen atoms in total. The van der Waals surface area contributed by atoms with Crippen molar-refractivity contribution in [3.63, 3.8) is 0 Å². The number of halogens is 1. The highest BCUT2D eigenvalue weighted by molar-refractivity contribution is 6.30. The number of rotatable bonds is 4. The van der Waals surface area contributed by atoms with Gasteiger partial charge in [-0.25, -0.2) is 4.68 Å². The lowest BCUT2D eigenvalue weighted by Gasteiger charge is -2.10. The predicted octanol–water partition coefficient (Wildman–Crippen LogP) is 4.03. The number of hydrogen-bond donors (Lipinski definition) is 2. The van der Waals surface area contributed by atoms with Gasteiger partial charge in [0.1, 0.15) is 11.9 Å². The molecule has 2 N–H and O–H groups in total. The highest BCUT2D eigenvalue weighted by Crippen LogP contribution is 2.35. The average Bonchev–Trinajstić information content (AvgIpc) is 3.18. The summed E-state index contributed by atoms with van der Waals surface area (Å²) in [5, 5.41) is 10.5. The van der Waals surface area contributed by atoms with Crippen molar-refractivity contribution in [3.05, 3.63) is 65.3 Å². The normalized spacial score (nSPS) is 15.3. The van der Waals surface area contributed by atoms with Gasteiger partial charge in [-0.2, -0.15) is 5.10 Å². The summed E-state index contributed by atoms with van der Waals surface area (Å²) in [4.78, 5) is 24.8. The number of nitrogens with zero attached hydrogens (tertiary/aromatic N) is 2. The van der Waals surface area contributed by atoms with E-state index in [-0.39, 0.29) is 18.2 Å². The topological polar surface area (TPSA) is 76.0 Å². The van der Waals surface area contributed by atoms with E-state index in [9.17, 15) is 9.59 Å². The predicted molar refractivity (Wildman–Crippen MR) is 105 cm³/mol. The summed E-state index contributed by atoms with van der Waals surface area (Å²) in [5.41, 5.74) is 3.59. The molecule has 27 heavy (non-hydrogen) atoms. The van der Waals surface area contributed by atoms with E-state index in [0.29, 0.717) is 16.5 Å². The zero-order valence-electron chi connectivity index (χ0n) is 14.6. The third-order valence-corrected chi connectivity index (χ3v) is 4.76. The van der Waals surface area contributed by atoms with E-state index in [1.807, 2.05) is 31.2 Å². The first-order valence-electron chi connectivity index (χ1n) is 8.52. The molecule has 0 aliphatic carbocycles. The number of aryl methyl sites for hydroxylation is 1. The van der Waals surface area contributed by atoms with Gasteiger partial charge in [0.05, 0.1) is 12.6 Å². The summed E-state index contributed by atoms with van der Waals surface area (Å²) < 4.78 is 1.58. The average molecular weight is 381 g/mol. The van der Waals surface area contributed by atoms with Crippen molar-refractivity contribution in [2.45, 2.75) is 19.4 Å². The monoisotopic (exact) mass is 380 g/mol. The van der Waals surface area contributed by atoms with Crippen LogP contribution >= 0.6 is 11.6 Å². The van der Waals surface area contributed by atoms with Crippen LogP contribution in [0.3, 0.4) is 0 Å². The SMILES string of the molecule is Cc1ccc(-c2cnn3c2NC(=O)C3CC(=O)Nc2ccc(Cl)cc2)cc1. The Morgan fingerprint density at radius 1 is 1.19 bits per heavy atom. The van der Waals surface area contributed by atoms with E-state index in [1.54, 1.807) is 35.1 Å². The van der Waals surface area contributed by atoms with Crippen LogP contribution in [0, 0.1) is 6.92 Å². The minimum atomic E-state index is -0.675. The van der Waals surface area contributed by atoms with E-state index >= 15 is 0 Å². The van der Waals surface area contributed by atoms with Crippen molar-refractivity contribution < 1.29 is 9.59 Å². The molecule has 2 aromatic carbocycles. The van der Waals surface area contributed by atoms with Gasteiger partial charge in [0, 0.05) is 16.3 Å². The van der Waals surface area contributed by atoms with Crippen LogP contribution in [0.15, 0.2) is 54.7 Å². The first-order valence-corrected chi connectivity index (χ1v) is 8.90. The van der Waals surface area contributed by atoms with Crippen molar-refractivity contribution >= 4 is 34.9 Å². The Morgan fingerprint density at radius 2 is 1.89 bits per heavy atom. The van der Waals surface area contributed by atoms with Gasteiger partial charge in [0.2, 0.25) is 5.91 Å². The van der Waals surface area contributed by atoms with Gasteiger partial charge in [0.25, 0.3) is 5.91 Å². The first kappa shape index (κ1) is 17.3. The highest BCUT2D eigenvalue weighted by atomic mass is 35.5. The maximum absolute atomic E-state index is 12.4. The Balaban J connectivity index is 1.52. The molecule has 7 heteroatoms. The summed E-state index contributed by atoms with van der Waals surface area (Å²) in [6, 6.07) is 14.1. The smallest absolute Gasteiger partial charge is 0.251 e. The molecule has 4 rings (SSSR count). The van der Waals surface area contributed by atoms with Crippen LogP contribution in [-0.4, -0.2) is 21.6 Å². The molecule has 0 fully saturated rings. The lowest BCUT2D eigenvalue weighted by atomic mass is 10.1. The van der Waals surface area contributed by atoms with Crippen molar-refractivity contribution in [1.29, 1.82) is 0 Å². The molecule has 1 atom stereocenters. The van der Waals surface area contributed by atoms with Gasteiger partial charge in [-0.1, -0.05) is 41.4 Å². The molecule has 3 aromatic rings. The zero-order chi connectivity index (χ0) is 19.0. The number of amides is 2. The van der Waals surface area contributed by atoms with Crippen LogP contribution in [0.2, 0.25) is 5.02 Å². The molecule has 0 bridgehead atoms. The summed E-state index contributed by atoms with van der Waals surface area (Å²) >= 11 is 5.85. The second-order valence-electron chi connectivity index (χ2n) is 6.48. The molecule has 2 heterocycles. The van der Waals surface area contributed by atoms with E-state index in [1.165, 1.54) is 0 Å². The van der Waals surface area contributed by atoms with Crippen LogP contribution in [0.4, 0.5) is 11.5 Å². The quantitative estimate of drug-likeness (QED) is 0.717. The molecule has 136 valence electrons. The summed E-state index contributed by atoms with van der Waals surface area (Å²) in [6.45, 7) is 2.02. The summed E-state index contributed by atoms with van der Waals surface area (Å²) in [7, 11) is 0. The molecule has 1 aliphatic heterocycles. The van der Waals surface area contributed by atoms with Gasteiger partial charge in [0.15, 0.2) is 0 Å². The van der Waals surface area contributed by atoms with E-state index in [0.717, 1.165) is 16.7 Å². The lowest BCUT2D eigenvalue weighted by Crippen LogP contribution is -2.23. The van der Waals surface area contributed by atoms with E-state index < -0.39 is 6.04 Å². The number of carbonyl (C=O) groups excluding carboxylic acids is 2. The third kappa shape index (κ3) is 3.44. The van der Waals surface area contributed by atoms with Gasteiger partial charge < -0.3 is 10.6 Å². The van der Waals surface area contributed by atoms with Crippen LogP contribution in [0.25, 0.3) is 11.1 Å². The van der Waals surface area contributed by atoms with Crippen molar-refractivity contribution in [3.8, 4) is 11.1 Å². The van der Waals surface area contributed by atoms with Crippen LogP contribution in [0.1, 0.15) is 18.0 Å². The van der Waals surface area contributed by atoms with Crippen LogP contribution < -0.4 is 10.6 Å². The first-order chi connectivity index (χ1) is 13.0. The fraction of sp³-hybridized carbons (Fsp3) is 0.150. The maximum atomic E-state index is 12.4. The second-order valence-corrected chi connectivity index (χ2v) is 6.92. The maximum Gasteiger partial charge on any atom is 0.251 e. The lowest BCUT2D eigenvalue weighted by molar-refractivity contribution is -0.123. The fourth-order valence-electron chi connectivity index (χ4n) is 3.08. The minimum absolute atomic E-state index is 0.00349. The molecule has 2 amide bonds. The molecular weight excluding hydrogens is 364 g/mol. The van der Waals surface area contributed by atoms with Crippen molar-refractivity contribution in [2.75, 3.05) is 10.6 Å². The fourth-order valence-corrected chi connectivity index (χ4v) is 3.20. The number of aromatic nitrogens is 2. The molecule has 0 saturated carbocycles. The molecule has 1 aromatic heterocycles. The van der Waals surface area contributed by atoms with E-state index in [2.05, 4.69) is 15.7 Å². The number of fused-ring (bicyclic) bond motifs is 1. The van der Waals surface area contributed by atoms with Crippen LogP contribution in [-0.2, 0) is 9.59 Å². The standard InChI is InChI=1S/C20H17ClN4O2/c1-12-2-4-13(5-3-12)16-11-22-25-17(20(27)24-19(16)25)10-18(26)23-15-8-6-14(21)7-9-15/h2-9,11,17H,10H2,1H3,(H,23,26)(H,24,27). The zero-order valence-corrected chi connectivity index (χ0v) is 15.3.